The Hall–Kier alpha value is -1.12. The summed E-state index contributed by atoms with van der Waals surface area (Å²) in [5, 5.41) is 0.716. The lowest BCUT2D eigenvalue weighted by molar-refractivity contribution is 0.101. The smallest absolute Gasteiger partial charge is 0.160 e. The number of halogens is 2. The van der Waals surface area contributed by atoms with Crippen LogP contribution in [-0.2, 0) is 0 Å². The van der Waals surface area contributed by atoms with Crippen molar-refractivity contribution in [2.45, 2.75) is 6.92 Å². The van der Waals surface area contributed by atoms with E-state index in [1.807, 2.05) is 42.5 Å². The SMILES string of the molecule is CC(=O)c1ccc(-c2ccc(Cl)cc2)cc1Br. The van der Waals surface area contributed by atoms with Gasteiger partial charge in [0, 0.05) is 15.1 Å². The molecule has 0 saturated heterocycles. The predicted octanol–water partition coefficient (Wildman–Crippen LogP) is 4.97. The van der Waals surface area contributed by atoms with Gasteiger partial charge in [-0.3, -0.25) is 4.79 Å². The molecular formula is C14H10BrClO. The second-order valence-corrected chi connectivity index (χ2v) is 5.05. The van der Waals surface area contributed by atoms with E-state index in [4.69, 9.17) is 11.6 Å². The highest BCUT2D eigenvalue weighted by Crippen LogP contribution is 2.27. The van der Waals surface area contributed by atoms with Gasteiger partial charge in [0.05, 0.1) is 0 Å². The molecule has 2 aromatic rings. The molecule has 2 aromatic carbocycles. The number of hydrogen-bond donors (Lipinski definition) is 0. The van der Waals surface area contributed by atoms with Crippen LogP contribution in [0.5, 0.6) is 0 Å². The molecule has 0 N–H and O–H groups in total. The van der Waals surface area contributed by atoms with Crippen LogP contribution in [0.25, 0.3) is 11.1 Å². The lowest BCUT2D eigenvalue weighted by atomic mass is 10.0. The van der Waals surface area contributed by atoms with Gasteiger partial charge in [0.1, 0.15) is 0 Å². The van der Waals surface area contributed by atoms with Gasteiger partial charge in [0.2, 0.25) is 0 Å². The Morgan fingerprint density at radius 1 is 1.06 bits per heavy atom. The fourth-order valence-electron chi connectivity index (χ4n) is 1.62. The molecule has 0 bridgehead atoms. The number of ketones is 1. The van der Waals surface area contributed by atoms with E-state index in [2.05, 4.69) is 15.9 Å². The highest BCUT2D eigenvalue weighted by molar-refractivity contribution is 9.10. The van der Waals surface area contributed by atoms with Gasteiger partial charge in [-0.05, 0) is 42.3 Å². The van der Waals surface area contributed by atoms with Crippen LogP contribution in [0.2, 0.25) is 5.02 Å². The van der Waals surface area contributed by atoms with Gasteiger partial charge >= 0.3 is 0 Å². The van der Waals surface area contributed by atoms with E-state index in [0.29, 0.717) is 10.6 Å². The zero-order valence-corrected chi connectivity index (χ0v) is 11.5. The van der Waals surface area contributed by atoms with Crippen molar-refractivity contribution in [1.29, 1.82) is 0 Å². The number of rotatable bonds is 2. The maximum atomic E-state index is 11.3. The van der Waals surface area contributed by atoms with Crippen LogP contribution < -0.4 is 0 Å². The minimum atomic E-state index is 0.0551. The Morgan fingerprint density at radius 2 is 1.65 bits per heavy atom. The topological polar surface area (TPSA) is 17.1 Å². The molecule has 0 radical (unpaired) electrons. The molecular weight excluding hydrogens is 300 g/mol. The minimum absolute atomic E-state index is 0.0551. The lowest BCUT2D eigenvalue weighted by Gasteiger charge is -2.05. The molecule has 3 heteroatoms. The molecule has 2 rings (SSSR count). The van der Waals surface area contributed by atoms with Gasteiger partial charge in [-0.2, -0.15) is 0 Å². The highest BCUT2D eigenvalue weighted by atomic mass is 79.9. The van der Waals surface area contributed by atoms with Crippen LogP contribution in [0.4, 0.5) is 0 Å². The molecule has 0 atom stereocenters. The summed E-state index contributed by atoms with van der Waals surface area (Å²) in [5.41, 5.74) is 2.83. The van der Waals surface area contributed by atoms with E-state index >= 15 is 0 Å². The Labute approximate surface area is 114 Å². The van der Waals surface area contributed by atoms with Crippen molar-refractivity contribution in [3.05, 3.63) is 57.5 Å². The Balaban J connectivity index is 2.44. The van der Waals surface area contributed by atoms with Crippen molar-refractivity contribution < 1.29 is 4.79 Å². The molecule has 0 aliphatic carbocycles. The summed E-state index contributed by atoms with van der Waals surface area (Å²) in [4.78, 5) is 11.3. The van der Waals surface area contributed by atoms with Gasteiger partial charge in [0.25, 0.3) is 0 Å². The standard InChI is InChI=1S/C14H10BrClO/c1-9(17)13-7-4-11(8-14(13)15)10-2-5-12(16)6-3-10/h2-8H,1H3. The summed E-state index contributed by atoms with van der Waals surface area (Å²) >= 11 is 9.26. The number of Topliss-reactive ketones (excluding diaryl/α,β-unsaturated/α-hetero) is 1. The van der Waals surface area contributed by atoms with Gasteiger partial charge in [-0.15, -0.1) is 0 Å². The van der Waals surface area contributed by atoms with Crippen LogP contribution in [0, 0.1) is 0 Å². The quantitative estimate of drug-likeness (QED) is 0.716. The summed E-state index contributed by atoms with van der Waals surface area (Å²) in [6.07, 6.45) is 0. The average Bonchev–Trinajstić information content (AvgIpc) is 2.29. The van der Waals surface area contributed by atoms with Crippen molar-refractivity contribution in [2.75, 3.05) is 0 Å². The van der Waals surface area contributed by atoms with Crippen molar-refractivity contribution in [1.82, 2.24) is 0 Å². The van der Waals surface area contributed by atoms with E-state index in [1.54, 1.807) is 6.92 Å². The first-order valence-electron chi connectivity index (χ1n) is 5.14. The van der Waals surface area contributed by atoms with Crippen molar-refractivity contribution in [3.8, 4) is 11.1 Å². The molecule has 0 amide bonds. The molecule has 0 fully saturated rings. The summed E-state index contributed by atoms with van der Waals surface area (Å²) in [5.74, 6) is 0.0551. The van der Waals surface area contributed by atoms with E-state index in [1.165, 1.54) is 0 Å². The van der Waals surface area contributed by atoms with E-state index in [0.717, 1.165) is 15.6 Å². The monoisotopic (exact) mass is 308 g/mol. The summed E-state index contributed by atoms with van der Waals surface area (Å²) in [6, 6.07) is 13.3. The number of carbonyl (C=O) groups excluding carboxylic acids is 1. The molecule has 0 unspecified atom stereocenters. The summed E-state index contributed by atoms with van der Waals surface area (Å²) < 4.78 is 0.817. The van der Waals surface area contributed by atoms with Crippen molar-refractivity contribution in [3.63, 3.8) is 0 Å². The number of benzene rings is 2. The first-order valence-corrected chi connectivity index (χ1v) is 6.31. The molecule has 0 aliphatic heterocycles. The van der Waals surface area contributed by atoms with Gasteiger partial charge in [-0.1, -0.05) is 45.7 Å². The third-order valence-electron chi connectivity index (χ3n) is 2.53. The molecule has 0 aliphatic rings. The predicted molar refractivity (Wildman–Crippen MR) is 74.6 cm³/mol. The second-order valence-electron chi connectivity index (χ2n) is 3.76. The molecule has 17 heavy (non-hydrogen) atoms. The van der Waals surface area contributed by atoms with Crippen LogP contribution in [0.15, 0.2) is 46.9 Å². The Kier molecular flexibility index (Phi) is 3.65. The zero-order valence-electron chi connectivity index (χ0n) is 9.21. The molecule has 0 spiro atoms. The summed E-state index contributed by atoms with van der Waals surface area (Å²) in [6.45, 7) is 1.56. The van der Waals surface area contributed by atoms with Crippen LogP contribution in [0.1, 0.15) is 17.3 Å². The van der Waals surface area contributed by atoms with Crippen LogP contribution in [0.3, 0.4) is 0 Å². The first kappa shape index (κ1) is 12.3. The largest absolute Gasteiger partial charge is 0.294 e. The normalized spacial score (nSPS) is 10.3. The number of hydrogen-bond acceptors (Lipinski definition) is 1. The van der Waals surface area contributed by atoms with Gasteiger partial charge < -0.3 is 0 Å². The molecule has 0 saturated carbocycles. The fourth-order valence-corrected chi connectivity index (χ4v) is 2.41. The van der Waals surface area contributed by atoms with Crippen LogP contribution in [-0.4, -0.2) is 5.78 Å². The average molecular weight is 310 g/mol. The van der Waals surface area contributed by atoms with E-state index in [9.17, 15) is 4.79 Å². The Morgan fingerprint density at radius 3 is 2.18 bits per heavy atom. The second kappa shape index (κ2) is 5.03. The molecule has 1 nitrogen and oxygen atoms in total. The Bertz CT molecular complexity index is 561. The maximum Gasteiger partial charge on any atom is 0.160 e. The molecule has 0 aromatic heterocycles. The number of carbonyl (C=O) groups is 1. The highest BCUT2D eigenvalue weighted by Gasteiger charge is 2.06. The fraction of sp³-hybridized carbons (Fsp3) is 0.0714. The van der Waals surface area contributed by atoms with Gasteiger partial charge in [0.15, 0.2) is 5.78 Å². The van der Waals surface area contributed by atoms with Crippen LogP contribution >= 0.6 is 27.5 Å². The van der Waals surface area contributed by atoms with E-state index < -0.39 is 0 Å². The molecule has 0 heterocycles. The third kappa shape index (κ3) is 2.76. The van der Waals surface area contributed by atoms with Crippen molar-refractivity contribution >= 4 is 33.3 Å². The maximum absolute atomic E-state index is 11.3. The first-order chi connectivity index (χ1) is 8.08. The zero-order chi connectivity index (χ0) is 12.4. The third-order valence-corrected chi connectivity index (χ3v) is 3.43. The summed E-state index contributed by atoms with van der Waals surface area (Å²) in [7, 11) is 0. The van der Waals surface area contributed by atoms with E-state index in [-0.39, 0.29) is 5.78 Å². The van der Waals surface area contributed by atoms with Crippen molar-refractivity contribution in [2.24, 2.45) is 0 Å². The minimum Gasteiger partial charge on any atom is -0.294 e. The molecule has 86 valence electrons. The van der Waals surface area contributed by atoms with Gasteiger partial charge in [-0.25, -0.2) is 0 Å². The lowest BCUT2D eigenvalue weighted by Crippen LogP contribution is -1.93.